The van der Waals surface area contributed by atoms with Crippen LogP contribution in [0.25, 0.3) is 0 Å². The van der Waals surface area contributed by atoms with E-state index in [4.69, 9.17) is 5.11 Å². The molecule has 0 atom stereocenters. The smallest absolute Gasteiger partial charge is 0.323 e. The number of hydrogen-bond donors (Lipinski definition) is 2. The zero-order chi connectivity index (χ0) is 12.4. The number of anilines is 2. The van der Waals surface area contributed by atoms with E-state index >= 15 is 0 Å². The topological polar surface area (TPSA) is 69.6 Å². The van der Waals surface area contributed by atoms with E-state index in [0.29, 0.717) is 5.69 Å². The Morgan fingerprint density at radius 2 is 2.29 bits per heavy atom. The van der Waals surface area contributed by atoms with Gasteiger partial charge in [0.1, 0.15) is 18.0 Å². The largest absolute Gasteiger partial charge is 0.480 e. The molecule has 2 rings (SSSR count). The molecule has 6 heteroatoms. The SMILES string of the molecule is O=C(O)CN1CCC(=O)Nc2c(F)cccc21. The van der Waals surface area contributed by atoms with E-state index in [-0.39, 0.29) is 31.1 Å². The lowest BCUT2D eigenvalue weighted by Gasteiger charge is -2.21. The van der Waals surface area contributed by atoms with Gasteiger partial charge < -0.3 is 15.3 Å². The molecule has 0 unspecified atom stereocenters. The molecule has 2 N–H and O–H groups in total. The first-order valence-electron chi connectivity index (χ1n) is 5.13. The van der Waals surface area contributed by atoms with E-state index in [9.17, 15) is 14.0 Å². The number of carboxylic acid groups (broad SMARTS) is 1. The van der Waals surface area contributed by atoms with Crippen molar-refractivity contribution in [2.75, 3.05) is 23.3 Å². The Hall–Kier alpha value is -2.11. The van der Waals surface area contributed by atoms with Gasteiger partial charge in [-0.3, -0.25) is 9.59 Å². The molecule has 0 radical (unpaired) electrons. The van der Waals surface area contributed by atoms with E-state index in [1.807, 2.05) is 0 Å². The summed E-state index contributed by atoms with van der Waals surface area (Å²) >= 11 is 0. The highest BCUT2D eigenvalue weighted by Gasteiger charge is 2.22. The molecule has 5 nitrogen and oxygen atoms in total. The van der Waals surface area contributed by atoms with Gasteiger partial charge in [-0.2, -0.15) is 0 Å². The van der Waals surface area contributed by atoms with Gasteiger partial charge in [0.05, 0.1) is 5.69 Å². The predicted molar refractivity (Wildman–Crippen MR) is 59.5 cm³/mol. The molecule has 90 valence electrons. The van der Waals surface area contributed by atoms with Crippen LogP contribution in [0.1, 0.15) is 6.42 Å². The summed E-state index contributed by atoms with van der Waals surface area (Å²) in [5.41, 5.74) is 0.453. The summed E-state index contributed by atoms with van der Waals surface area (Å²) in [5.74, 6) is -1.90. The lowest BCUT2D eigenvalue weighted by Crippen LogP contribution is -2.30. The van der Waals surface area contributed by atoms with Crippen molar-refractivity contribution in [3.63, 3.8) is 0 Å². The molecule has 0 saturated carbocycles. The predicted octanol–water partition coefficient (Wildman–Crippen LogP) is 1.06. The van der Waals surface area contributed by atoms with Gasteiger partial charge in [0.2, 0.25) is 5.91 Å². The van der Waals surface area contributed by atoms with Gasteiger partial charge in [-0.1, -0.05) is 6.07 Å². The van der Waals surface area contributed by atoms with Crippen LogP contribution < -0.4 is 10.2 Å². The Balaban J connectivity index is 2.42. The number of carboxylic acids is 1. The number of rotatable bonds is 2. The van der Waals surface area contributed by atoms with Crippen LogP contribution in [0.4, 0.5) is 15.8 Å². The minimum atomic E-state index is -1.02. The molecule has 1 aliphatic heterocycles. The summed E-state index contributed by atoms with van der Waals surface area (Å²) in [6.45, 7) is 0. The first-order valence-corrected chi connectivity index (χ1v) is 5.13. The maximum absolute atomic E-state index is 13.5. The number of nitrogens with one attached hydrogen (secondary N) is 1. The third-order valence-corrected chi connectivity index (χ3v) is 2.53. The maximum atomic E-state index is 13.5. The van der Waals surface area contributed by atoms with Crippen molar-refractivity contribution < 1.29 is 19.1 Å². The van der Waals surface area contributed by atoms with Crippen molar-refractivity contribution >= 4 is 23.3 Å². The van der Waals surface area contributed by atoms with Crippen LogP contribution in [0.3, 0.4) is 0 Å². The zero-order valence-corrected chi connectivity index (χ0v) is 8.94. The Bertz CT molecular complexity index is 476. The van der Waals surface area contributed by atoms with Crippen LogP contribution in [-0.2, 0) is 9.59 Å². The maximum Gasteiger partial charge on any atom is 0.323 e. The number of halogens is 1. The Labute approximate surface area is 96.8 Å². The molecule has 0 aliphatic carbocycles. The first kappa shape index (κ1) is 11.4. The fraction of sp³-hybridized carbons (Fsp3) is 0.273. The molecule has 1 amide bonds. The number of nitrogens with zero attached hydrogens (tertiary/aromatic N) is 1. The number of aliphatic carboxylic acids is 1. The lowest BCUT2D eigenvalue weighted by atomic mass is 10.2. The molecule has 0 aromatic heterocycles. The van der Waals surface area contributed by atoms with Crippen LogP contribution in [0.5, 0.6) is 0 Å². The van der Waals surface area contributed by atoms with Gasteiger partial charge in [-0.15, -0.1) is 0 Å². The van der Waals surface area contributed by atoms with Gasteiger partial charge in [0, 0.05) is 13.0 Å². The Morgan fingerprint density at radius 3 is 3.00 bits per heavy atom. The highest BCUT2D eigenvalue weighted by Crippen LogP contribution is 2.30. The minimum absolute atomic E-state index is 0.0521. The second-order valence-electron chi connectivity index (χ2n) is 3.75. The number of fused-ring (bicyclic) bond motifs is 1. The van der Waals surface area contributed by atoms with Crippen LogP contribution in [0.15, 0.2) is 18.2 Å². The van der Waals surface area contributed by atoms with E-state index < -0.39 is 11.8 Å². The number of para-hydroxylation sites is 1. The number of benzene rings is 1. The third kappa shape index (κ3) is 2.35. The molecular weight excluding hydrogens is 227 g/mol. The van der Waals surface area contributed by atoms with E-state index in [0.717, 1.165) is 0 Å². The average molecular weight is 238 g/mol. The monoisotopic (exact) mass is 238 g/mol. The van der Waals surface area contributed by atoms with Crippen molar-refractivity contribution in [3.8, 4) is 0 Å². The van der Waals surface area contributed by atoms with Crippen molar-refractivity contribution in [2.24, 2.45) is 0 Å². The highest BCUT2D eigenvalue weighted by atomic mass is 19.1. The zero-order valence-electron chi connectivity index (χ0n) is 8.94. The molecule has 0 bridgehead atoms. The summed E-state index contributed by atoms with van der Waals surface area (Å²) < 4.78 is 13.5. The van der Waals surface area contributed by atoms with Crippen LogP contribution in [-0.4, -0.2) is 30.1 Å². The molecule has 0 spiro atoms. The Morgan fingerprint density at radius 1 is 1.53 bits per heavy atom. The summed E-state index contributed by atoms with van der Waals surface area (Å²) in [4.78, 5) is 23.6. The van der Waals surface area contributed by atoms with Gasteiger partial charge in [-0.25, -0.2) is 4.39 Å². The molecule has 1 aromatic carbocycles. The number of carbonyl (C=O) groups excluding carboxylic acids is 1. The normalized spacial score (nSPS) is 14.9. The summed E-state index contributed by atoms with van der Waals surface area (Å²) in [6.07, 6.45) is 0.140. The summed E-state index contributed by atoms with van der Waals surface area (Å²) in [5, 5.41) is 11.2. The molecule has 0 fully saturated rings. The quantitative estimate of drug-likeness (QED) is 0.808. The van der Waals surface area contributed by atoms with E-state index in [2.05, 4.69) is 5.32 Å². The Kier molecular flexibility index (Phi) is 2.95. The van der Waals surface area contributed by atoms with E-state index in [1.54, 1.807) is 6.07 Å². The van der Waals surface area contributed by atoms with Gasteiger partial charge in [0.15, 0.2) is 0 Å². The van der Waals surface area contributed by atoms with Crippen LogP contribution >= 0.6 is 0 Å². The molecule has 17 heavy (non-hydrogen) atoms. The number of amides is 1. The molecular formula is C11H11FN2O3. The van der Waals surface area contributed by atoms with Crippen molar-refractivity contribution in [1.29, 1.82) is 0 Å². The molecule has 1 aromatic rings. The number of hydrogen-bond acceptors (Lipinski definition) is 3. The first-order chi connectivity index (χ1) is 8.08. The van der Waals surface area contributed by atoms with Crippen molar-refractivity contribution in [2.45, 2.75) is 6.42 Å². The third-order valence-electron chi connectivity index (χ3n) is 2.53. The minimum Gasteiger partial charge on any atom is -0.480 e. The van der Waals surface area contributed by atoms with Crippen molar-refractivity contribution in [3.05, 3.63) is 24.0 Å². The van der Waals surface area contributed by atoms with Crippen LogP contribution in [0, 0.1) is 5.82 Å². The van der Waals surface area contributed by atoms with Gasteiger partial charge in [0.25, 0.3) is 0 Å². The van der Waals surface area contributed by atoms with Gasteiger partial charge in [-0.05, 0) is 12.1 Å². The summed E-state index contributed by atoms with van der Waals surface area (Å²) in [6, 6.07) is 4.30. The standard InChI is InChI=1S/C11H11FN2O3/c12-7-2-1-3-8-11(7)13-9(15)4-5-14(8)6-10(16)17/h1-3H,4-6H2,(H,13,15)(H,16,17). The molecule has 1 aliphatic rings. The van der Waals surface area contributed by atoms with E-state index in [1.165, 1.54) is 17.0 Å². The highest BCUT2D eigenvalue weighted by molar-refractivity contribution is 5.97. The van der Waals surface area contributed by atoms with Crippen molar-refractivity contribution in [1.82, 2.24) is 0 Å². The van der Waals surface area contributed by atoms with Crippen LogP contribution in [0.2, 0.25) is 0 Å². The molecule has 1 heterocycles. The second-order valence-corrected chi connectivity index (χ2v) is 3.75. The fourth-order valence-electron chi connectivity index (χ4n) is 1.79. The van der Waals surface area contributed by atoms with Gasteiger partial charge >= 0.3 is 5.97 Å². The lowest BCUT2D eigenvalue weighted by molar-refractivity contribution is -0.135. The fourth-order valence-corrected chi connectivity index (χ4v) is 1.79. The molecule has 0 saturated heterocycles. The summed E-state index contributed by atoms with van der Waals surface area (Å²) in [7, 11) is 0. The number of carbonyl (C=O) groups is 2. The second kappa shape index (κ2) is 4.40. The average Bonchev–Trinajstić information content (AvgIpc) is 2.40.